The fourth-order valence-electron chi connectivity index (χ4n) is 0. The van der Waals surface area contributed by atoms with Crippen LogP contribution in [0, 0.1) is 0 Å². The van der Waals surface area contributed by atoms with Crippen LogP contribution in [0.25, 0.3) is 0 Å². The van der Waals surface area contributed by atoms with Gasteiger partial charge in [-0.3, -0.25) is 0 Å². The Bertz CT molecular complexity index is 9.61. The monoisotopic (exact) mass is 309 g/mol. The number of hydrogen-bond acceptors (Lipinski definition) is 1. The Labute approximate surface area is 97.7 Å². The molecule has 5 heteroatoms. The van der Waals surface area contributed by atoms with Gasteiger partial charge in [0, 0.05) is 72.4 Å². The van der Waals surface area contributed by atoms with Gasteiger partial charge in [-0.05, 0) is 0 Å². The number of halogens is 2. The van der Waals surface area contributed by atoms with Crippen LogP contribution in [-0.4, -0.2) is 51.4 Å². The zero-order chi connectivity index (χ0) is 2.71. The smallest absolute Gasteiger partial charge is 0.0832 e. The molecule has 0 atom stereocenters. The Hall–Kier alpha value is 2.86. The second-order valence-corrected chi connectivity index (χ2v) is 0.525. The van der Waals surface area contributed by atoms with E-state index in [1.54, 1.807) is 0 Å². The summed E-state index contributed by atoms with van der Waals surface area (Å²) in [5.41, 5.74) is 0. The van der Waals surface area contributed by atoms with Crippen molar-refractivity contribution >= 4 is 75.1 Å². The van der Waals surface area contributed by atoms with Crippen molar-refractivity contribution in [3.8, 4) is 0 Å². The van der Waals surface area contributed by atoms with E-state index in [1.165, 1.54) is 0 Å². The van der Waals surface area contributed by atoms with E-state index in [0.29, 0.717) is 0 Å². The molecule has 5 heavy (non-hydrogen) atoms. The predicted octanol–water partition coefficient (Wildman–Crippen LogP) is 0.927. The normalized spacial score (nSPS) is 3.60. The summed E-state index contributed by atoms with van der Waals surface area (Å²) in [7, 11) is 0. The molecule has 0 N–H and O–H groups in total. The minimum atomic E-state index is 0. The maximum atomic E-state index is 4.26. The van der Waals surface area contributed by atoms with E-state index in [4.69, 9.17) is 0 Å². The summed E-state index contributed by atoms with van der Waals surface area (Å²) in [5, 5.41) is 0. The van der Waals surface area contributed by atoms with Crippen LogP contribution >= 0.6 is 23.7 Å². The van der Waals surface area contributed by atoms with E-state index < -0.39 is 0 Å². The zero-order valence-corrected chi connectivity index (χ0v) is 10.1. The molecule has 0 bridgehead atoms. The molecule has 0 aliphatic heterocycles. The molecule has 0 saturated carbocycles. The quantitative estimate of drug-likeness (QED) is 0.605. The molecular formula is Cl2KOW. The molecule has 0 unspecified atom stereocenters. The molecule has 0 aliphatic carbocycles. The van der Waals surface area contributed by atoms with Crippen molar-refractivity contribution in [2.45, 2.75) is 0 Å². The largest absolute Gasteiger partial charge is 0.166 e. The first-order valence-corrected chi connectivity index (χ1v) is 0.926. The molecule has 1 nitrogen and oxygen atoms in total. The van der Waals surface area contributed by atoms with Crippen LogP contribution in [0.1, 0.15) is 0 Å². The summed E-state index contributed by atoms with van der Waals surface area (Å²) >= 11 is 8.53. The van der Waals surface area contributed by atoms with Gasteiger partial charge in [0.05, 0.1) is 23.7 Å². The van der Waals surface area contributed by atoms with Gasteiger partial charge in [0.25, 0.3) is 0 Å². The first kappa shape index (κ1) is 15.7. The molecule has 27 valence electrons. The summed E-state index contributed by atoms with van der Waals surface area (Å²) in [4.78, 5) is 0. The van der Waals surface area contributed by atoms with E-state index in [9.17, 15) is 0 Å². The van der Waals surface area contributed by atoms with Crippen LogP contribution in [-0.2, 0) is 24.9 Å². The van der Waals surface area contributed by atoms with E-state index in [-0.39, 0.29) is 72.4 Å². The first-order valence-electron chi connectivity index (χ1n) is 0.309. The van der Waals surface area contributed by atoms with E-state index >= 15 is 0 Å². The Morgan fingerprint density at radius 2 is 1.20 bits per heavy atom. The fourth-order valence-corrected chi connectivity index (χ4v) is 0. The van der Waals surface area contributed by atoms with E-state index in [0.717, 1.165) is 0 Å². The Balaban J connectivity index is -0.0000000200. The molecule has 0 aromatic rings. The van der Waals surface area contributed by atoms with Crippen molar-refractivity contribution in [2.24, 2.45) is 0 Å². The van der Waals surface area contributed by atoms with Gasteiger partial charge in [-0.15, -0.1) is 0 Å². The van der Waals surface area contributed by atoms with Crippen LogP contribution in [0.3, 0.4) is 0 Å². The number of hydrogen-bond donors (Lipinski definition) is 0. The van der Waals surface area contributed by atoms with Crippen molar-refractivity contribution in [2.75, 3.05) is 0 Å². The molecule has 0 spiro atoms. The molecule has 0 rings (SSSR count). The van der Waals surface area contributed by atoms with Gasteiger partial charge in [0.15, 0.2) is 0 Å². The van der Waals surface area contributed by atoms with Crippen LogP contribution in [0.4, 0.5) is 0 Å². The summed E-state index contributed by atoms with van der Waals surface area (Å²) in [6.07, 6.45) is 0. The average molecular weight is 310 g/mol. The standard InChI is InChI=1S/Cl2O.K.W/c1-3-2;;. The minimum Gasteiger partial charge on any atom is -0.166 e. The van der Waals surface area contributed by atoms with Crippen LogP contribution in [0.2, 0.25) is 0 Å². The van der Waals surface area contributed by atoms with Crippen molar-refractivity contribution in [3.63, 3.8) is 0 Å². The maximum absolute atomic E-state index is 4.26. The predicted molar refractivity (Wildman–Crippen MR) is 18.5 cm³/mol. The van der Waals surface area contributed by atoms with E-state index in [1.807, 2.05) is 0 Å². The zero-order valence-electron chi connectivity index (χ0n) is 2.57. The maximum Gasteiger partial charge on any atom is 0.0832 e. The second-order valence-electron chi connectivity index (χ2n) is 0.0583. The van der Waals surface area contributed by atoms with Crippen molar-refractivity contribution in [1.82, 2.24) is 0 Å². The summed E-state index contributed by atoms with van der Waals surface area (Å²) in [5.74, 6) is 0. The third-order valence-corrected chi connectivity index (χ3v) is 0. The van der Waals surface area contributed by atoms with E-state index in [2.05, 4.69) is 27.6 Å². The van der Waals surface area contributed by atoms with Gasteiger partial charge in [-0.1, -0.05) is 0 Å². The molecule has 0 heterocycles. The molecule has 0 aromatic heterocycles. The SMILES string of the molecule is ClOCl.[K].[W]. The minimum absolute atomic E-state index is 0. The topological polar surface area (TPSA) is 9.23 Å². The Morgan fingerprint density at radius 1 is 1.20 bits per heavy atom. The Kier molecular flexibility index (Phi) is 49.5. The number of rotatable bonds is 0. The molecule has 1 radical (unpaired) electrons. The van der Waals surface area contributed by atoms with Crippen molar-refractivity contribution in [3.05, 3.63) is 0 Å². The van der Waals surface area contributed by atoms with Gasteiger partial charge in [0.1, 0.15) is 0 Å². The summed E-state index contributed by atoms with van der Waals surface area (Å²) < 4.78 is 3.19. The van der Waals surface area contributed by atoms with Gasteiger partial charge < -0.3 is 0 Å². The van der Waals surface area contributed by atoms with Crippen LogP contribution in [0.5, 0.6) is 0 Å². The molecule has 0 saturated heterocycles. The molecular weight excluding hydrogens is 310 g/mol. The van der Waals surface area contributed by atoms with Crippen molar-refractivity contribution in [1.29, 1.82) is 0 Å². The molecule has 0 amide bonds. The van der Waals surface area contributed by atoms with Crippen LogP contribution < -0.4 is 0 Å². The Morgan fingerprint density at radius 3 is 1.20 bits per heavy atom. The second kappa shape index (κ2) is 15.8. The molecule has 0 aliphatic rings. The molecule has 0 fully saturated rings. The molecule has 0 aromatic carbocycles. The average Bonchev–Trinajstić information content (AvgIpc) is 0.918. The summed E-state index contributed by atoms with van der Waals surface area (Å²) in [6.45, 7) is 0. The van der Waals surface area contributed by atoms with Gasteiger partial charge in [-0.2, -0.15) is 3.84 Å². The van der Waals surface area contributed by atoms with Gasteiger partial charge in [-0.25, -0.2) is 0 Å². The van der Waals surface area contributed by atoms with Crippen LogP contribution in [0.15, 0.2) is 0 Å². The first-order chi connectivity index (χ1) is 1.41. The fraction of sp³-hybridized carbons (Fsp3) is 0. The summed E-state index contributed by atoms with van der Waals surface area (Å²) in [6, 6.07) is 0. The van der Waals surface area contributed by atoms with Gasteiger partial charge in [0.2, 0.25) is 0 Å². The third-order valence-electron chi connectivity index (χ3n) is 0. The van der Waals surface area contributed by atoms with Gasteiger partial charge >= 0.3 is 0 Å². The van der Waals surface area contributed by atoms with Crippen molar-refractivity contribution < 1.29 is 24.9 Å². The third kappa shape index (κ3) is 19.8.